The first-order valence-corrected chi connectivity index (χ1v) is 7.32. The summed E-state index contributed by atoms with van der Waals surface area (Å²) in [7, 11) is 1.65. The standard InChI is InChI=1S/C16H23NO4/c1-3-17-16(15(18)19)8-7-14(10-16)21-13-6-4-5-12(9-13)11-20-2/h4-6,9,14,17H,3,7-8,10-11H2,1-2H3,(H,18,19). The lowest BCUT2D eigenvalue weighted by Gasteiger charge is -2.25. The van der Waals surface area contributed by atoms with Gasteiger partial charge in [-0.25, -0.2) is 0 Å². The van der Waals surface area contributed by atoms with Gasteiger partial charge in [0.05, 0.1) is 6.61 Å². The number of aliphatic carboxylic acids is 1. The van der Waals surface area contributed by atoms with E-state index >= 15 is 0 Å². The summed E-state index contributed by atoms with van der Waals surface area (Å²) in [6.07, 6.45) is 1.76. The Morgan fingerprint density at radius 1 is 1.52 bits per heavy atom. The fraction of sp³-hybridized carbons (Fsp3) is 0.562. The number of carboxylic acid groups (broad SMARTS) is 1. The summed E-state index contributed by atoms with van der Waals surface area (Å²) < 4.78 is 11.1. The first-order chi connectivity index (χ1) is 10.1. The minimum atomic E-state index is -0.844. The summed E-state index contributed by atoms with van der Waals surface area (Å²) in [6, 6.07) is 7.74. The second kappa shape index (κ2) is 6.91. The molecule has 0 amide bonds. The monoisotopic (exact) mass is 293 g/mol. The quantitative estimate of drug-likeness (QED) is 0.806. The van der Waals surface area contributed by atoms with Crippen LogP contribution in [0.2, 0.25) is 0 Å². The number of likely N-dealkylation sites (N-methyl/N-ethyl adjacent to an activating group) is 1. The van der Waals surface area contributed by atoms with Crippen LogP contribution in [0.15, 0.2) is 24.3 Å². The van der Waals surface area contributed by atoms with Crippen LogP contribution in [0.5, 0.6) is 5.75 Å². The molecule has 0 aromatic heterocycles. The molecule has 1 aliphatic rings. The Kier molecular flexibility index (Phi) is 5.20. The highest BCUT2D eigenvalue weighted by atomic mass is 16.5. The van der Waals surface area contributed by atoms with Crippen molar-refractivity contribution >= 4 is 5.97 Å². The smallest absolute Gasteiger partial charge is 0.324 e. The molecule has 0 saturated heterocycles. The highest BCUT2D eigenvalue weighted by Gasteiger charge is 2.45. The van der Waals surface area contributed by atoms with E-state index in [1.807, 2.05) is 31.2 Å². The van der Waals surface area contributed by atoms with E-state index in [9.17, 15) is 9.90 Å². The topological polar surface area (TPSA) is 67.8 Å². The number of rotatable bonds is 7. The van der Waals surface area contributed by atoms with E-state index in [1.54, 1.807) is 7.11 Å². The zero-order valence-electron chi connectivity index (χ0n) is 12.6. The van der Waals surface area contributed by atoms with Crippen LogP contribution < -0.4 is 10.1 Å². The van der Waals surface area contributed by atoms with Gasteiger partial charge in [0.2, 0.25) is 0 Å². The lowest BCUT2D eigenvalue weighted by Crippen LogP contribution is -2.50. The Hall–Kier alpha value is -1.59. The lowest BCUT2D eigenvalue weighted by molar-refractivity contribution is -0.144. The van der Waals surface area contributed by atoms with Crippen molar-refractivity contribution in [1.29, 1.82) is 0 Å². The van der Waals surface area contributed by atoms with E-state index in [0.29, 0.717) is 26.0 Å². The van der Waals surface area contributed by atoms with E-state index in [1.165, 1.54) is 0 Å². The Morgan fingerprint density at radius 2 is 2.33 bits per heavy atom. The van der Waals surface area contributed by atoms with Gasteiger partial charge in [0.15, 0.2) is 0 Å². The molecule has 0 aliphatic heterocycles. The van der Waals surface area contributed by atoms with Crippen LogP contribution in [0, 0.1) is 0 Å². The Morgan fingerprint density at radius 3 is 3.00 bits per heavy atom. The number of hydrogen-bond donors (Lipinski definition) is 2. The molecule has 5 nitrogen and oxygen atoms in total. The average Bonchev–Trinajstić information content (AvgIpc) is 2.84. The van der Waals surface area contributed by atoms with Crippen molar-refractivity contribution in [2.45, 2.75) is 44.4 Å². The maximum absolute atomic E-state index is 11.5. The molecule has 0 spiro atoms. The molecule has 1 aliphatic carbocycles. The highest BCUT2D eigenvalue weighted by Crippen LogP contribution is 2.33. The molecule has 0 bridgehead atoms. The SMILES string of the molecule is CCNC1(C(=O)O)CCC(Oc2cccc(COC)c2)C1. The summed E-state index contributed by atoms with van der Waals surface area (Å²) >= 11 is 0. The molecule has 5 heteroatoms. The van der Waals surface area contributed by atoms with Crippen LogP contribution in [-0.4, -0.2) is 36.4 Å². The fourth-order valence-corrected chi connectivity index (χ4v) is 2.94. The normalized spacial score (nSPS) is 25.0. The van der Waals surface area contributed by atoms with Gasteiger partial charge in [-0.05, 0) is 37.1 Å². The minimum Gasteiger partial charge on any atom is -0.490 e. The number of benzene rings is 1. The Labute approximate surface area is 125 Å². The van der Waals surface area contributed by atoms with Crippen molar-refractivity contribution in [3.8, 4) is 5.75 Å². The summed E-state index contributed by atoms with van der Waals surface area (Å²) in [5, 5.41) is 12.6. The van der Waals surface area contributed by atoms with Gasteiger partial charge in [-0.1, -0.05) is 19.1 Å². The highest BCUT2D eigenvalue weighted by molar-refractivity contribution is 5.79. The van der Waals surface area contributed by atoms with E-state index < -0.39 is 11.5 Å². The molecule has 2 rings (SSSR count). The second-order valence-corrected chi connectivity index (χ2v) is 5.48. The van der Waals surface area contributed by atoms with Crippen LogP contribution in [0.3, 0.4) is 0 Å². The average molecular weight is 293 g/mol. The van der Waals surface area contributed by atoms with Crippen LogP contribution >= 0.6 is 0 Å². The molecule has 1 aromatic carbocycles. The zero-order chi connectivity index (χ0) is 15.3. The predicted octanol–water partition coefficient (Wildman–Crippen LogP) is 2.20. The molecule has 1 saturated carbocycles. The zero-order valence-corrected chi connectivity index (χ0v) is 12.6. The van der Waals surface area contributed by atoms with Gasteiger partial charge in [0, 0.05) is 13.5 Å². The molecule has 0 heterocycles. The molecule has 0 radical (unpaired) electrons. The van der Waals surface area contributed by atoms with Gasteiger partial charge in [0.1, 0.15) is 17.4 Å². The molecule has 21 heavy (non-hydrogen) atoms. The van der Waals surface area contributed by atoms with Crippen molar-refractivity contribution in [3.63, 3.8) is 0 Å². The summed E-state index contributed by atoms with van der Waals surface area (Å²) in [5.41, 5.74) is 0.202. The Balaban J connectivity index is 2.01. The third-order valence-corrected chi connectivity index (χ3v) is 3.91. The van der Waals surface area contributed by atoms with Gasteiger partial charge in [-0.15, -0.1) is 0 Å². The van der Waals surface area contributed by atoms with Gasteiger partial charge in [0.25, 0.3) is 0 Å². The first-order valence-electron chi connectivity index (χ1n) is 7.32. The molecule has 116 valence electrons. The predicted molar refractivity (Wildman–Crippen MR) is 79.5 cm³/mol. The molecule has 1 fully saturated rings. The molecule has 1 aromatic rings. The molecular weight excluding hydrogens is 270 g/mol. The maximum Gasteiger partial charge on any atom is 0.324 e. The van der Waals surface area contributed by atoms with Gasteiger partial charge < -0.3 is 19.9 Å². The van der Waals surface area contributed by atoms with Gasteiger partial charge in [-0.2, -0.15) is 0 Å². The number of nitrogens with one attached hydrogen (secondary N) is 1. The fourth-order valence-electron chi connectivity index (χ4n) is 2.94. The van der Waals surface area contributed by atoms with E-state index in [-0.39, 0.29) is 6.10 Å². The number of hydrogen-bond acceptors (Lipinski definition) is 4. The minimum absolute atomic E-state index is 0.0713. The number of carbonyl (C=O) groups is 1. The molecular formula is C16H23NO4. The van der Waals surface area contributed by atoms with Crippen molar-refractivity contribution in [3.05, 3.63) is 29.8 Å². The van der Waals surface area contributed by atoms with Crippen molar-refractivity contribution in [2.75, 3.05) is 13.7 Å². The van der Waals surface area contributed by atoms with Crippen LogP contribution in [0.1, 0.15) is 31.7 Å². The molecule has 2 atom stereocenters. The van der Waals surface area contributed by atoms with Crippen molar-refractivity contribution in [2.24, 2.45) is 0 Å². The van der Waals surface area contributed by atoms with Gasteiger partial charge >= 0.3 is 5.97 Å². The molecule has 2 N–H and O–H groups in total. The van der Waals surface area contributed by atoms with Crippen LogP contribution in [-0.2, 0) is 16.1 Å². The summed E-state index contributed by atoms with van der Waals surface area (Å²) in [5.74, 6) is -0.0178. The third-order valence-electron chi connectivity index (χ3n) is 3.91. The number of methoxy groups -OCH3 is 1. The number of carboxylic acids is 1. The van der Waals surface area contributed by atoms with Crippen molar-refractivity contribution in [1.82, 2.24) is 5.32 Å². The second-order valence-electron chi connectivity index (χ2n) is 5.48. The van der Waals surface area contributed by atoms with Gasteiger partial charge in [-0.3, -0.25) is 4.79 Å². The van der Waals surface area contributed by atoms with Crippen LogP contribution in [0.25, 0.3) is 0 Å². The third kappa shape index (κ3) is 3.74. The summed E-state index contributed by atoms with van der Waals surface area (Å²) in [4.78, 5) is 11.5. The van der Waals surface area contributed by atoms with Crippen LogP contribution in [0.4, 0.5) is 0 Å². The van der Waals surface area contributed by atoms with E-state index in [4.69, 9.17) is 9.47 Å². The summed E-state index contributed by atoms with van der Waals surface area (Å²) in [6.45, 7) is 3.10. The number of ether oxygens (including phenoxy) is 2. The largest absolute Gasteiger partial charge is 0.490 e. The molecule has 2 unspecified atom stereocenters. The maximum atomic E-state index is 11.5. The van der Waals surface area contributed by atoms with Crippen molar-refractivity contribution < 1.29 is 19.4 Å². The Bertz CT molecular complexity index is 491. The van der Waals surface area contributed by atoms with E-state index in [2.05, 4.69) is 5.32 Å². The lowest BCUT2D eigenvalue weighted by atomic mass is 9.98. The first kappa shape index (κ1) is 15.8. The van der Waals surface area contributed by atoms with E-state index in [0.717, 1.165) is 17.7 Å².